The third-order valence-electron chi connectivity index (χ3n) is 3.64. The van der Waals surface area contributed by atoms with Gasteiger partial charge in [0.05, 0.1) is 12.8 Å². The summed E-state index contributed by atoms with van der Waals surface area (Å²) in [6, 6.07) is 2.82. The van der Waals surface area contributed by atoms with Crippen molar-refractivity contribution in [2.24, 2.45) is 5.73 Å². The quantitative estimate of drug-likeness (QED) is 0.832. The van der Waals surface area contributed by atoms with Gasteiger partial charge in [0.2, 0.25) is 0 Å². The van der Waals surface area contributed by atoms with Crippen molar-refractivity contribution < 1.29 is 4.42 Å². The molecule has 0 atom stereocenters. The SMILES string of the molecule is CCN(Cc1ccoc1CN)C1CCCC1. The maximum atomic E-state index is 5.65. The number of nitrogens with zero attached hydrogens (tertiary/aromatic N) is 1. The fourth-order valence-corrected chi connectivity index (χ4v) is 2.67. The van der Waals surface area contributed by atoms with Gasteiger partial charge in [0.1, 0.15) is 5.76 Å². The molecular formula is C13H22N2O. The van der Waals surface area contributed by atoms with Crippen molar-refractivity contribution in [2.45, 2.75) is 51.7 Å². The monoisotopic (exact) mass is 222 g/mol. The molecule has 1 saturated carbocycles. The Balaban J connectivity index is 2.00. The summed E-state index contributed by atoms with van der Waals surface area (Å²) in [6.45, 7) is 4.84. The average Bonchev–Trinajstić information content (AvgIpc) is 2.96. The van der Waals surface area contributed by atoms with E-state index in [9.17, 15) is 0 Å². The summed E-state index contributed by atoms with van der Waals surface area (Å²) < 4.78 is 5.37. The molecule has 0 spiro atoms. The second-order valence-corrected chi connectivity index (χ2v) is 4.57. The summed E-state index contributed by atoms with van der Waals surface area (Å²) in [4.78, 5) is 2.55. The van der Waals surface area contributed by atoms with Crippen LogP contribution in [0.1, 0.15) is 43.9 Å². The standard InChI is InChI=1S/C13H22N2O/c1-2-15(12-5-3-4-6-12)10-11-7-8-16-13(11)9-14/h7-8,12H,2-6,9-10,14H2,1H3. The van der Waals surface area contributed by atoms with E-state index in [1.807, 2.05) is 0 Å². The summed E-state index contributed by atoms with van der Waals surface area (Å²) in [6.07, 6.45) is 7.22. The van der Waals surface area contributed by atoms with Crippen LogP contribution in [-0.2, 0) is 13.1 Å². The molecule has 1 aliphatic carbocycles. The van der Waals surface area contributed by atoms with Crippen molar-refractivity contribution in [3.05, 3.63) is 23.7 Å². The lowest BCUT2D eigenvalue weighted by Gasteiger charge is -2.27. The summed E-state index contributed by atoms with van der Waals surface area (Å²) in [7, 11) is 0. The summed E-state index contributed by atoms with van der Waals surface area (Å²) in [5, 5.41) is 0. The molecule has 0 bridgehead atoms. The molecule has 3 nitrogen and oxygen atoms in total. The third-order valence-corrected chi connectivity index (χ3v) is 3.64. The molecule has 0 amide bonds. The van der Waals surface area contributed by atoms with Crippen molar-refractivity contribution in [3.63, 3.8) is 0 Å². The Hall–Kier alpha value is -0.800. The van der Waals surface area contributed by atoms with E-state index in [1.165, 1.54) is 31.2 Å². The minimum absolute atomic E-state index is 0.505. The van der Waals surface area contributed by atoms with Crippen LogP contribution >= 0.6 is 0 Å². The molecule has 1 aromatic rings. The van der Waals surface area contributed by atoms with Crippen molar-refractivity contribution in [2.75, 3.05) is 6.54 Å². The van der Waals surface area contributed by atoms with Crippen LogP contribution in [0.15, 0.2) is 16.7 Å². The predicted molar refractivity (Wildman–Crippen MR) is 64.9 cm³/mol. The lowest BCUT2D eigenvalue weighted by Crippen LogP contribution is -2.32. The Bertz CT molecular complexity index is 315. The molecule has 3 heteroatoms. The highest BCUT2D eigenvalue weighted by atomic mass is 16.3. The van der Waals surface area contributed by atoms with E-state index in [1.54, 1.807) is 6.26 Å². The molecular weight excluding hydrogens is 200 g/mol. The first-order chi connectivity index (χ1) is 7.85. The molecule has 2 rings (SSSR count). The van der Waals surface area contributed by atoms with Crippen LogP contribution in [-0.4, -0.2) is 17.5 Å². The fourth-order valence-electron chi connectivity index (χ4n) is 2.67. The first-order valence-corrected chi connectivity index (χ1v) is 6.34. The minimum Gasteiger partial charge on any atom is -0.468 e. The van der Waals surface area contributed by atoms with Gasteiger partial charge in [-0.25, -0.2) is 0 Å². The molecule has 0 aliphatic heterocycles. The van der Waals surface area contributed by atoms with Gasteiger partial charge in [-0.3, -0.25) is 4.90 Å². The van der Waals surface area contributed by atoms with Gasteiger partial charge in [-0.2, -0.15) is 0 Å². The number of rotatable bonds is 5. The summed E-state index contributed by atoms with van der Waals surface area (Å²) in [5.41, 5.74) is 6.91. The molecule has 16 heavy (non-hydrogen) atoms. The number of nitrogens with two attached hydrogens (primary N) is 1. The van der Waals surface area contributed by atoms with Crippen LogP contribution in [0.3, 0.4) is 0 Å². The summed E-state index contributed by atoms with van der Waals surface area (Å²) in [5.74, 6) is 0.941. The van der Waals surface area contributed by atoms with Crippen molar-refractivity contribution in [1.29, 1.82) is 0 Å². The first-order valence-electron chi connectivity index (χ1n) is 6.34. The first kappa shape index (κ1) is 11.7. The maximum absolute atomic E-state index is 5.65. The van der Waals surface area contributed by atoms with E-state index in [0.29, 0.717) is 6.54 Å². The lowest BCUT2D eigenvalue weighted by molar-refractivity contribution is 0.199. The lowest BCUT2D eigenvalue weighted by atomic mass is 10.1. The van der Waals surface area contributed by atoms with Crippen molar-refractivity contribution in [3.8, 4) is 0 Å². The van der Waals surface area contributed by atoms with E-state index < -0.39 is 0 Å². The van der Waals surface area contributed by atoms with Crippen LogP contribution in [0.25, 0.3) is 0 Å². The Labute approximate surface area is 97.6 Å². The van der Waals surface area contributed by atoms with Gasteiger partial charge in [0.25, 0.3) is 0 Å². The van der Waals surface area contributed by atoms with Crippen LogP contribution in [0.5, 0.6) is 0 Å². The second kappa shape index (κ2) is 5.51. The van der Waals surface area contributed by atoms with Gasteiger partial charge in [-0.05, 0) is 25.5 Å². The Kier molecular flexibility index (Phi) is 4.02. The highest BCUT2D eigenvalue weighted by molar-refractivity contribution is 5.16. The Morgan fingerprint density at radius 1 is 1.44 bits per heavy atom. The topological polar surface area (TPSA) is 42.4 Å². The van der Waals surface area contributed by atoms with Crippen LogP contribution in [0.4, 0.5) is 0 Å². The van der Waals surface area contributed by atoms with Gasteiger partial charge < -0.3 is 10.2 Å². The molecule has 1 fully saturated rings. The van der Waals surface area contributed by atoms with Gasteiger partial charge in [-0.1, -0.05) is 19.8 Å². The third kappa shape index (κ3) is 2.47. The molecule has 1 heterocycles. The van der Waals surface area contributed by atoms with Gasteiger partial charge >= 0.3 is 0 Å². The molecule has 0 unspecified atom stereocenters. The second-order valence-electron chi connectivity index (χ2n) is 4.57. The van der Waals surface area contributed by atoms with Crippen molar-refractivity contribution >= 4 is 0 Å². The molecule has 0 radical (unpaired) electrons. The van der Waals surface area contributed by atoms with Gasteiger partial charge in [0.15, 0.2) is 0 Å². The highest BCUT2D eigenvalue weighted by Crippen LogP contribution is 2.25. The Morgan fingerprint density at radius 3 is 2.81 bits per heavy atom. The smallest absolute Gasteiger partial charge is 0.121 e. The predicted octanol–water partition coefficient (Wildman–Crippen LogP) is 2.50. The maximum Gasteiger partial charge on any atom is 0.121 e. The van der Waals surface area contributed by atoms with E-state index in [0.717, 1.165) is 24.9 Å². The van der Waals surface area contributed by atoms with Gasteiger partial charge in [-0.15, -0.1) is 0 Å². The van der Waals surface area contributed by atoms with E-state index >= 15 is 0 Å². The Morgan fingerprint density at radius 2 is 2.19 bits per heavy atom. The zero-order chi connectivity index (χ0) is 11.4. The van der Waals surface area contributed by atoms with Crippen LogP contribution < -0.4 is 5.73 Å². The number of furan rings is 1. The minimum atomic E-state index is 0.505. The van der Waals surface area contributed by atoms with E-state index in [-0.39, 0.29) is 0 Å². The molecule has 2 N–H and O–H groups in total. The van der Waals surface area contributed by atoms with E-state index in [4.69, 9.17) is 10.2 Å². The average molecular weight is 222 g/mol. The molecule has 1 aliphatic rings. The summed E-state index contributed by atoms with van der Waals surface area (Å²) >= 11 is 0. The number of hydrogen-bond donors (Lipinski definition) is 1. The molecule has 0 saturated heterocycles. The van der Waals surface area contributed by atoms with Gasteiger partial charge in [0, 0.05) is 18.2 Å². The highest BCUT2D eigenvalue weighted by Gasteiger charge is 2.22. The zero-order valence-electron chi connectivity index (χ0n) is 10.1. The van der Waals surface area contributed by atoms with E-state index in [2.05, 4.69) is 17.9 Å². The largest absolute Gasteiger partial charge is 0.468 e. The zero-order valence-corrected chi connectivity index (χ0v) is 10.1. The molecule has 0 aromatic carbocycles. The van der Waals surface area contributed by atoms with Crippen LogP contribution in [0, 0.1) is 0 Å². The van der Waals surface area contributed by atoms with Crippen LogP contribution in [0.2, 0.25) is 0 Å². The normalized spacial score (nSPS) is 17.4. The molecule has 90 valence electrons. The molecule has 1 aromatic heterocycles. The number of hydrogen-bond acceptors (Lipinski definition) is 3. The fraction of sp³-hybridized carbons (Fsp3) is 0.692. The van der Waals surface area contributed by atoms with Crippen molar-refractivity contribution in [1.82, 2.24) is 4.90 Å².